The van der Waals surface area contributed by atoms with Gasteiger partial charge in [-0.2, -0.15) is 0 Å². The molecule has 100 valence electrons. The van der Waals surface area contributed by atoms with E-state index in [9.17, 15) is 0 Å². The third-order valence-electron chi connectivity index (χ3n) is 3.08. The average molecular weight is 250 g/mol. The van der Waals surface area contributed by atoms with Crippen LogP contribution in [0, 0.1) is 6.92 Å². The topological polar surface area (TPSA) is 43.4 Å². The lowest BCUT2D eigenvalue weighted by atomic mass is 10.1. The van der Waals surface area contributed by atoms with Gasteiger partial charge in [0.25, 0.3) is 0 Å². The van der Waals surface area contributed by atoms with Crippen LogP contribution in [0.3, 0.4) is 0 Å². The summed E-state index contributed by atoms with van der Waals surface area (Å²) in [5.41, 5.74) is 2.03. The van der Waals surface area contributed by atoms with E-state index >= 15 is 0 Å². The molecule has 1 saturated heterocycles. The van der Waals surface area contributed by atoms with E-state index in [2.05, 4.69) is 17.2 Å². The van der Waals surface area contributed by atoms with Gasteiger partial charge in [0, 0.05) is 25.1 Å². The van der Waals surface area contributed by atoms with E-state index in [0.717, 1.165) is 56.3 Å². The van der Waals surface area contributed by atoms with E-state index in [4.69, 9.17) is 9.47 Å². The fourth-order valence-corrected chi connectivity index (χ4v) is 2.05. The first-order chi connectivity index (χ1) is 8.79. The van der Waals surface area contributed by atoms with Crippen molar-refractivity contribution in [2.75, 3.05) is 19.8 Å². The zero-order chi connectivity index (χ0) is 12.8. The molecule has 0 atom stereocenters. The predicted octanol–water partition coefficient (Wildman–Crippen LogP) is 2.06. The Balaban J connectivity index is 2.04. The Kier molecular flexibility index (Phi) is 4.96. The maximum Gasteiger partial charge on any atom is 0.142 e. The van der Waals surface area contributed by atoms with E-state index in [1.54, 1.807) is 0 Å². The van der Waals surface area contributed by atoms with E-state index < -0.39 is 0 Å². The van der Waals surface area contributed by atoms with Crippen LogP contribution in [0.15, 0.2) is 12.1 Å². The van der Waals surface area contributed by atoms with Crippen LogP contribution in [-0.2, 0) is 11.3 Å². The van der Waals surface area contributed by atoms with Gasteiger partial charge in [-0.3, -0.25) is 4.98 Å². The number of hydrogen-bond acceptors (Lipinski definition) is 4. The van der Waals surface area contributed by atoms with Crippen molar-refractivity contribution < 1.29 is 9.47 Å². The van der Waals surface area contributed by atoms with Crippen LogP contribution in [0.1, 0.15) is 31.2 Å². The molecule has 0 amide bonds. The zero-order valence-corrected chi connectivity index (χ0v) is 11.2. The molecular formula is C14H22N2O2. The molecule has 1 aliphatic heterocycles. The lowest BCUT2D eigenvalue weighted by Crippen LogP contribution is -2.27. The van der Waals surface area contributed by atoms with Crippen molar-refractivity contribution in [2.45, 2.75) is 39.3 Å². The van der Waals surface area contributed by atoms with E-state index in [1.807, 2.05) is 19.1 Å². The summed E-state index contributed by atoms with van der Waals surface area (Å²) in [6.45, 7) is 7.39. The summed E-state index contributed by atoms with van der Waals surface area (Å²) in [5.74, 6) is 0.911. The van der Waals surface area contributed by atoms with Crippen LogP contribution < -0.4 is 10.1 Å². The van der Waals surface area contributed by atoms with E-state index in [0.29, 0.717) is 0 Å². The molecule has 2 rings (SSSR count). The molecule has 4 nitrogen and oxygen atoms in total. The number of aryl methyl sites for hydroxylation is 1. The molecule has 1 aromatic heterocycles. The smallest absolute Gasteiger partial charge is 0.142 e. The van der Waals surface area contributed by atoms with Gasteiger partial charge in [0.1, 0.15) is 11.9 Å². The van der Waals surface area contributed by atoms with Crippen molar-refractivity contribution >= 4 is 0 Å². The number of ether oxygens (including phenoxy) is 2. The molecule has 1 N–H and O–H groups in total. The SMILES string of the molecule is CCNCc1nc(C)ccc1OC1CCOCC1. The van der Waals surface area contributed by atoms with Crippen molar-refractivity contribution in [3.05, 3.63) is 23.5 Å². The molecule has 1 fully saturated rings. The van der Waals surface area contributed by atoms with Crippen LogP contribution in [0.5, 0.6) is 5.75 Å². The minimum Gasteiger partial charge on any atom is -0.488 e. The second-order valence-corrected chi connectivity index (χ2v) is 4.61. The predicted molar refractivity (Wildman–Crippen MR) is 70.8 cm³/mol. The number of hydrogen-bond donors (Lipinski definition) is 1. The highest BCUT2D eigenvalue weighted by atomic mass is 16.5. The standard InChI is InChI=1S/C14H22N2O2/c1-3-15-10-13-14(5-4-11(2)16-13)18-12-6-8-17-9-7-12/h4-5,12,15H,3,6-10H2,1-2H3. The lowest BCUT2D eigenvalue weighted by molar-refractivity contribution is 0.0249. The summed E-state index contributed by atoms with van der Waals surface area (Å²) in [5, 5.41) is 3.30. The van der Waals surface area contributed by atoms with Gasteiger partial charge in [0.05, 0.1) is 18.9 Å². The summed E-state index contributed by atoms with van der Waals surface area (Å²) in [4.78, 5) is 4.56. The number of aromatic nitrogens is 1. The summed E-state index contributed by atoms with van der Waals surface area (Å²) < 4.78 is 11.4. The van der Waals surface area contributed by atoms with Crippen LogP contribution in [0.4, 0.5) is 0 Å². The van der Waals surface area contributed by atoms with E-state index in [-0.39, 0.29) is 6.10 Å². The Morgan fingerprint density at radius 2 is 2.17 bits per heavy atom. The fourth-order valence-electron chi connectivity index (χ4n) is 2.05. The molecule has 2 heterocycles. The normalized spacial score (nSPS) is 16.8. The molecule has 0 saturated carbocycles. The lowest BCUT2D eigenvalue weighted by Gasteiger charge is -2.24. The van der Waals surface area contributed by atoms with Crippen LogP contribution >= 0.6 is 0 Å². The first-order valence-corrected chi connectivity index (χ1v) is 6.71. The van der Waals surface area contributed by atoms with Crippen LogP contribution in [0.25, 0.3) is 0 Å². The second kappa shape index (κ2) is 6.71. The van der Waals surface area contributed by atoms with Gasteiger partial charge in [0.2, 0.25) is 0 Å². The summed E-state index contributed by atoms with van der Waals surface area (Å²) in [6, 6.07) is 4.04. The Bertz CT molecular complexity index is 376. The monoisotopic (exact) mass is 250 g/mol. The Morgan fingerprint density at radius 3 is 2.89 bits per heavy atom. The number of nitrogens with zero attached hydrogens (tertiary/aromatic N) is 1. The van der Waals surface area contributed by atoms with Gasteiger partial charge in [-0.25, -0.2) is 0 Å². The summed E-state index contributed by atoms with van der Waals surface area (Å²) >= 11 is 0. The third-order valence-corrected chi connectivity index (χ3v) is 3.08. The highest BCUT2D eigenvalue weighted by Gasteiger charge is 2.17. The van der Waals surface area contributed by atoms with Gasteiger partial charge in [-0.15, -0.1) is 0 Å². The molecule has 0 aromatic carbocycles. The maximum absolute atomic E-state index is 6.06. The Hall–Kier alpha value is -1.13. The van der Waals surface area contributed by atoms with Gasteiger partial charge in [-0.1, -0.05) is 6.92 Å². The molecule has 0 spiro atoms. The molecule has 0 unspecified atom stereocenters. The fraction of sp³-hybridized carbons (Fsp3) is 0.643. The van der Waals surface area contributed by atoms with Crippen molar-refractivity contribution in [2.24, 2.45) is 0 Å². The molecule has 1 aliphatic rings. The largest absolute Gasteiger partial charge is 0.488 e. The van der Waals surface area contributed by atoms with Crippen molar-refractivity contribution in [3.63, 3.8) is 0 Å². The number of pyridine rings is 1. The van der Waals surface area contributed by atoms with Crippen molar-refractivity contribution in [1.29, 1.82) is 0 Å². The zero-order valence-electron chi connectivity index (χ0n) is 11.2. The average Bonchev–Trinajstić information content (AvgIpc) is 2.40. The third kappa shape index (κ3) is 3.68. The summed E-state index contributed by atoms with van der Waals surface area (Å²) in [7, 11) is 0. The van der Waals surface area contributed by atoms with Crippen LogP contribution in [-0.4, -0.2) is 30.8 Å². The Morgan fingerprint density at radius 1 is 1.39 bits per heavy atom. The van der Waals surface area contributed by atoms with Gasteiger partial charge < -0.3 is 14.8 Å². The van der Waals surface area contributed by atoms with Gasteiger partial charge in [0.15, 0.2) is 0 Å². The maximum atomic E-state index is 6.06. The van der Waals surface area contributed by atoms with Crippen LogP contribution in [0.2, 0.25) is 0 Å². The highest BCUT2D eigenvalue weighted by molar-refractivity contribution is 5.29. The molecule has 4 heteroatoms. The Labute approximate surface area is 109 Å². The minimum atomic E-state index is 0.267. The minimum absolute atomic E-state index is 0.267. The highest BCUT2D eigenvalue weighted by Crippen LogP contribution is 2.21. The van der Waals surface area contributed by atoms with Crippen molar-refractivity contribution in [1.82, 2.24) is 10.3 Å². The van der Waals surface area contributed by atoms with Crippen molar-refractivity contribution in [3.8, 4) is 5.75 Å². The quantitative estimate of drug-likeness (QED) is 0.868. The summed E-state index contributed by atoms with van der Waals surface area (Å²) in [6.07, 6.45) is 2.20. The second-order valence-electron chi connectivity index (χ2n) is 4.61. The van der Waals surface area contributed by atoms with E-state index in [1.165, 1.54) is 0 Å². The molecule has 1 aromatic rings. The molecule has 0 bridgehead atoms. The number of nitrogens with one attached hydrogen (secondary N) is 1. The number of rotatable bonds is 5. The first-order valence-electron chi connectivity index (χ1n) is 6.71. The first kappa shape index (κ1) is 13.3. The molecule has 0 radical (unpaired) electrons. The molecule has 18 heavy (non-hydrogen) atoms. The molecular weight excluding hydrogens is 228 g/mol. The van der Waals surface area contributed by atoms with Gasteiger partial charge in [-0.05, 0) is 25.6 Å². The molecule has 0 aliphatic carbocycles. The van der Waals surface area contributed by atoms with Gasteiger partial charge >= 0.3 is 0 Å².